The number of aliphatic imine (C=N–C) groups is 1. The van der Waals surface area contributed by atoms with Crippen molar-refractivity contribution in [2.75, 3.05) is 12.4 Å². The van der Waals surface area contributed by atoms with Crippen molar-refractivity contribution in [3.05, 3.63) is 53.1 Å². The number of aryl methyl sites for hydroxylation is 1. The summed E-state index contributed by atoms with van der Waals surface area (Å²) in [4.78, 5) is 4.31. The predicted molar refractivity (Wildman–Crippen MR) is 117 cm³/mol. The van der Waals surface area contributed by atoms with Crippen LogP contribution in [-0.4, -0.2) is 19.7 Å². The molecule has 0 aliphatic heterocycles. The lowest BCUT2D eigenvalue weighted by molar-refractivity contribution is -0.0512. The number of halogens is 3. The number of anilines is 1. The van der Waals surface area contributed by atoms with Crippen LogP contribution in [-0.2, 0) is 19.4 Å². The van der Waals surface area contributed by atoms with E-state index in [9.17, 15) is 8.78 Å². The molecule has 2 aromatic rings. The molecule has 0 fully saturated rings. The van der Waals surface area contributed by atoms with Crippen LogP contribution in [0.4, 0.5) is 14.5 Å². The monoisotopic (exact) mass is 503 g/mol. The Kier molecular flexibility index (Phi) is 8.28. The smallest absolute Gasteiger partial charge is 0.387 e. The van der Waals surface area contributed by atoms with Gasteiger partial charge in [-0.05, 0) is 60.6 Å². The molecule has 0 spiro atoms. The van der Waals surface area contributed by atoms with Gasteiger partial charge in [0.1, 0.15) is 0 Å². The van der Waals surface area contributed by atoms with Crippen LogP contribution in [0.3, 0.4) is 0 Å². The molecule has 0 atom stereocenters. The number of hydrogen-bond acceptors (Lipinski definition) is 3. The van der Waals surface area contributed by atoms with Crippen molar-refractivity contribution in [1.82, 2.24) is 0 Å². The van der Waals surface area contributed by atoms with E-state index in [2.05, 4.69) is 21.1 Å². The third kappa shape index (κ3) is 5.70. The van der Waals surface area contributed by atoms with Crippen LogP contribution in [0.15, 0.2) is 41.4 Å². The molecule has 2 aromatic carbocycles. The first-order chi connectivity index (χ1) is 13.1. The van der Waals surface area contributed by atoms with E-state index < -0.39 is 6.61 Å². The molecule has 0 bridgehead atoms. The first-order valence-corrected chi connectivity index (χ1v) is 8.86. The van der Waals surface area contributed by atoms with Gasteiger partial charge >= 0.3 is 6.61 Å². The van der Waals surface area contributed by atoms with Crippen LogP contribution in [0.5, 0.6) is 11.5 Å². The number of alkyl halides is 2. The molecule has 3 N–H and O–H groups in total. The zero-order chi connectivity index (χ0) is 19.2. The third-order valence-electron chi connectivity index (χ3n) is 4.53. The van der Waals surface area contributed by atoms with Gasteiger partial charge in [-0.2, -0.15) is 8.78 Å². The molecular formula is C20H24F2IN3O2. The second kappa shape index (κ2) is 10.4. The number of nitrogens with zero attached hydrogens (tertiary/aromatic N) is 1. The zero-order valence-electron chi connectivity index (χ0n) is 15.6. The highest BCUT2D eigenvalue weighted by molar-refractivity contribution is 14.0. The lowest BCUT2D eigenvalue weighted by Crippen LogP contribution is -2.24. The summed E-state index contributed by atoms with van der Waals surface area (Å²) >= 11 is 0. The SMILES string of the molecule is COc1ccc(CN=C(N)Nc2cccc3c2CCCC3)cc1OC(F)F.I. The Balaban J connectivity index is 0.00000280. The normalized spacial score (nSPS) is 13.5. The first kappa shape index (κ1) is 22.2. The molecule has 0 unspecified atom stereocenters. The molecule has 152 valence electrons. The van der Waals surface area contributed by atoms with Crippen molar-refractivity contribution in [2.24, 2.45) is 10.7 Å². The van der Waals surface area contributed by atoms with E-state index in [1.54, 1.807) is 12.1 Å². The van der Waals surface area contributed by atoms with E-state index in [1.807, 2.05) is 12.1 Å². The molecule has 8 heteroatoms. The molecule has 3 rings (SSSR count). The molecule has 0 amide bonds. The zero-order valence-corrected chi connectivity index (χ0v) is 17.9. The summed E-state index contributed by atoms with van der Waals surface area (Å²) in [5.41, 5.74) is 10.3. The summed E-state index contributed by atoms with van der Waals surface area (Å²) < 4.78 is 34.6. The van der Waals surface area contributed by atoms with Crippen molar-refractivity contribution in [3.63, 3.8) is 0 Å². The number of ether oxygens (including phenoxy) is 2. The number of guanidine groups is 1. The topological polar surface area (TPSA) is 68.9 Å². The quantitative estimate of drug-likeness (QED) is 0.340. The van der Waals surface area contributed by atoms with Gasteiger partial charge in [0.15, 0.2) is 17.5 Å². The average Bonchev–Trinajstić information content (AvgIpc) is 2.66. The minimum Gasteiger partial charge on any atom is -0.493 e. The number of methoxy groups -OCH3 is 1. The molecule has 0 saturated heterocycles. The van der Waals surface area contributed by atoms with Gasteiger partial charge in [0.2, 0.25) is 0 Å². The van der Waals surface area contributed by atoms with E-state index in [0.29, 0.717) is 5.56 Å². The maximum absolute atomic E-state index is 12.5. The summed E-state index contributed by atoms with van der Waals surface area (Å²) in [6.07, 6.45) is 4.49. The molecule has 1 aliphatic carbocycles. The van der Waals surface area contributed by atoms with Gasteiger partial charge in [-0.3, -0.25) is 0 Å². The van der Waals surface area contributed by atoms with E-state index >= 15 is 0 Å². The fourth-order valence-electron chi connectivity index (χ4n) is 3.26. The summed E-state index contributed by atoms with van der Waals surface area (Å²) in [6.45, 7) is -2.69. The summed E-state index contributed by atoms with van der Waals surface area (Å²) in [7, 11) is 1.40. The molecule has 0 aromatic heterocycles. The van der Waals surface area contributed by atoms with Crippen molar-refractivity contribution in [1.29, 1.82) is 0 Å². The van der Waals surface area contributed by atoms with Crippen molar-refractivity contribution >= 4 is 35.6 Å². The highest BCUT2D eigenvalue weighted by atomic mass is 127. The number of fused-ring (bicyclic) bond motifs is 1. The van der Waals surface area contributed by atoms with Crippen LogP contribution in [0.25, 0.3) is 0 Å². The van der Waals surface area contributed by atoms with Gasteiger partial charge in [0.25, 0.3) is 0 Å². The number of rotatable bonds is 6. The Bertz CT molecular complexity index is 831. The summed E-state index contributed by atoms with van der Waals surface area (Å²) in [6, 6.07) is 10.9. The first-order valence-electron chi connectivity index (χ1n) is 8.86. The average molecular weight is 503 g/mol. The maximum atomic E-state index is 12.5. The van der Waals surface area contributed by atoms with Gasteiger partial charge in [-0.15, -0.1) is 24.0 Å². The fourth-order valence-corrected chi connectivity index (χ4v) is 3.26. The van der Waals surface area contributed by atoms with Crippen LogP contribution >= 0.6 is 24.0 Å². The lowest BCUT2D eigenvalue weighted by atomic mass is 9.90. The Morgan fingerprint density at radius 3 is 2.71 bits per heavy atom. The lowest BCUT2D eigenvalue weighted by Gasteiger charge is -2.19. The van der Waals surface area contributed by atoms with Gasteiger partial charge in [-0.1, -0.05) is 18.2 Å². The van der Waals surface area contributed by atoms with E-state index in [1.165, 1.54) is 37.1 Å². The van der Waals surface area contributed by atoms with Crippen molar-refractivity contribution in [3.8, 4) is 11.5 Å². The van der Waals surface area contributed by atoms with Gasteiger partial charge < -0.3 is 20.5 Å². The minimum absolute atomic E-state index is 0. The number of nitrogens with two attached hydrogens (primary N) is 1. The molecule has 1 aliphatic rings. The van der Waals surface area contributed by atoms with E-state index in [-0.39, 0.29) is 48.0 Å². The molecule has 0 radical (unpaired) electrons. The summed E-state index contributed by atoms with van der Waals surface area (Å²) in [5, 5.41) is 3.16. The fraction of sp³-hybridized carbons (Fsp3) is 0.350. The highest BCUT2D eigenvalue weighted by Gasteiger charge is 2.14. The predicted octanol–water partition coefficient (Wildman–Crippen LogP) is 4.72. The highest BCUT2D eigenvalue weighted by Crippen LogP contribution is 2.30. The molecule has 5 nitrogen and oxygen atoms in total. The van der Waals surface area contributed by atoms with Gasteiger partial charge in [0.05, 0.1) is 13.7 Å². The van der Waals surface area contributed by atoms with E-state index in [4.69, 9.17) is 10.5 Å². The van der Waals surface area contributed by atoms with Crippen LogP contribution in [0, 0.1) is 0 Å². The molecule has 28 heavy (non-hydrogen) atoms. The number of benzene rings is 2. The van der Waals surface area contributed by atoms with Crippen LogP contribution in [0.1, 0.15) is 29.5 Å². The Hall–Kier alpha value is -2.10. The summed E-state index contributed by atoms with van der Waals surface area (Å²) in [5.74, 6) is 0.495. The Labute approximate surface area is 180 Å². The van der Waals surface area contributed by atoms with Crippen molar-refractivity contribution in [2.45, 2.75) is 38.8 Å². The van der Waals surface area contributed by atoms with Gasteiger partial charge in [-0.25, -0.2) is 4.99 Å². The third-order valence-corrected chi connectivity index (χ3v) is 4.53. The standard InChI is InChI=1S/C20H23F2N3O2.HI/c1-26-17-10-9-13(11-18(17)27-19(21)22)12-24-20(23)25-16-8-4-6-14-5-2-3-7-15(14)16;/h4,6,8-11,19H,2-3,5,7,12H2,1H3,(H3,23,24,25);1H. The minimum atomic E-state index is -2.92. The second-order valence-electron chi connectivity index (χ2n) is 6.34. The largest absolute Gasteiger partial charge is 0.493 e. The molecular weight excluding hydrogens is 479 g/mol. The second-order valence-corrected chi connectivity index (χ2v) is 6.34. The molecule has 0 saturated carbocycles. The Morgan fingerprint density at radius 1 is 1.18 bits per heavy atom. The van der Waals surface area contributed by atoms with Gasteiger partial charge in [0, 0.05) is 5.69 Å². The van der Waals surface area contributed by atoms with E-state index in [0.717, 1.165) is 18.5 Å². The number of hydrogen-bond donors (Lipinski definition) is 2. The van der Waals surface area contributed by atoms with Crippen LogP contribution < -0.4 is 20.5 Å². The maximum Gasteiger partial charge on any atom is 0.387 e. The number of nitrogens with one attached hydrogen (secondary N) is 1. The van der Waals surface area contributed by atoms with Crippen molar-refractivity contribution < 1.29 is 18.3 Å². The molecule has 0 heterocycles. The Morgan fingerprint density at radius 2 is 1.96 bits per heavy atom. The van der Waals surface area contributed by atoms with Crippen LogP contribution in [0.2, 0.25) is 0 Å².